The second-order valence-corrected chi connectivity index (χ2v) is 3.54. The van der Waals surface area contributed by atoms with Gasteiger partial charge in [-0.15, -0.1) is 12.3 Å². The minimum absolute atomic E-state index is 0.0233. The van der Waals surface area contributed by atoms with Crippen molar-refractivity contribution >= 4 is 11.9 Å². The van der Waals surface area contributed by atoms with Crippen LogP contribution in [0.15, 0.2) is 5.11 Å². The molecule has 0 aromatic carbocycles. The Morgan fingerprint density at radius 3 is 2.65 bits per heavy atom. The molecule has 94 valence electrons. The van der Waals surface area contributed by atoms with E-state index in [-0.39, 0.29) is 18.7 Å². The SMILES string of the molecule is C#CCC(NC(=O)CCCCCN=[N-])C(=O)O. The smallest absolute Gasteiger partial charge is 0.327 e. The summed E-state index contributed by atoms with van der Waals surface area (Å²) in [6.07, 6.45) is 7.31. The first-order valence-corrected chi connectivity index (χ1v) is 5.38. The van der Waals surface area contributed by atoms with Gasteiger partial charge in [0.15, 0.2) is 0 Å². The molecule has 0 fully saturated rings. The van der Waals surface area contributed by atoms with E-state index in [0.29, 0.717) is 19.4 Å². The number of carbonyl (C=O) groups excluding carboxylic acids is 1. The summed E-state index contributed by atoms with van der Waals surface area (Å²) in [6, 6.07) is -1.01. The maximum atomic E-state index is 11.3. The highest BCUT2D eigenvalue weighted by atomic mass is 16.4. The molecule has 6 nitrogen and oxygen atoms in total. The molecule has 0 aliphatic heterocycles. The van der Waals surface area contributed by atoms with Crippen LogP contribution < -0.4 is 5.32 Å². The molecule has 1 atom stereocenters. The van der Waals surface area contributed by atoms with Gasteiger partial charge in [0, 0.05) is 19.4 Å². The topological polar surface area (TPSA) is 101 Å². The molecule has 0 saturated carbocycles. The molecule has 0 aromatic rings. The second kappa shape index (κ2) is 9.33. The monoisotopic (exact) mass is 238 g/mol. The van der Waals surface area contributed by atoms with Gasteiger partial charge in [-0.1, -0.05) is 6.42 Å². The lowest BCUT2D eigenvalue weighted by molar-refractivity contribution is -0.141. The highest BCUT2D eigenvalue weighted by Gasteiger charge is 2.17. The third kappa shape index (κ3) is 7.96. The average molecular weight is 238 g/mol. The summed E-state index contributed by atoms with van der Waals surface area (Å²) in [5.74, 6) is 0.748. The van der Waals surface area contributed by atoms with Crippen LogP contribution in [0.5, 0.6) is 0 Å². The minimum atomic E-state index is -1.13. The van der Waals surface area contributed by atoms with Crippen molar-refractivity contribution in [3.05, 3.63) is 5.53 Å². The Morgan fingerprint density at radius 1 is 1.41 bits per heavy atom. The lowest BCUT2D eigenvalue weighted by Crippen LogP contribution is -2.40. The van der Waals surface area contributed by atoms with Crippen molar-refractivity contribution in [2.45, 2.75) is 38.1 Å². The van der Waals surface area contributed by atoms with Crippen LogP contribution in [0.25, 0.3) is 5.53 Å². The van der Waals surface area contributed by atoms with E-state index in [9.17, 15) is 9.59 Å². The molecule has 0 aromatic heterocycles. The van der Waals surface area contributed by atoms with Gasteiger partial charge < -0.3 is 21.1 Å². The van der Waals surface area contributed by atoms with Crippen molar-refractivity contribution in [3.63, 3.8) is 0 Å². The summed E-state index contributed by atoms with van der Waals surface area (Å²) < 4.78 is 0. The number of amides is 1. The number of carboxylic acids is 1. The van der Waals surface area contributed by atoms with Crippen molar-refractivity contribution in [3.8, 4) is 12.3 Å². The van der Waals surface area contributed by atoms with Crippen LogP contribution in [0, 0.1) is 12.3 Å². The molecule has 0 radical (unpaired) electrons. The Kier molecular flexibility index (Phi) is 8.29. The fourth-order valence-corrected chi connectivity index (χ4v) is 1.23. The zero-order valence-electron chi connectivity index (χ0n) is 9.56. The van der Waals surface area contributed by atoms with Crippen LogP contribution in [0.1, 0.15) is 32.1 Å². The van der Waals surface area contributed by atoms with Crippen LogP contribution in [-0.4, -0.2) is 29.6 Å². The van der Waals surface area contributed by atoms with Crippen LogP contribution in [0.2, 0.25) is 0 Å². The Labute approximate surface area is 100 Å². The van der Waals surface area contributed by atoms with E-state index in [1.165, 1.54) is 0 Å². The summed E-state index contributed by atoms with van der Waals surface area (Å²) >= 11 is 0. The number of hydrogen-bond acceptors (Lipinski definition) is 3. The zero-order chi connectivity index (χ0) is 13.1. The molecular formula is C11H16N3O3-. The number of nitrogens with zero attached hydrogens (tertiary/aromatic N) is 2. The minimum Gasteiger partial charge on any atom is -0.712 e. The third-order valence-electron chi connectivity index (χ3n) is 2.12. The van der Waals surface area contributed by atoms with Crippen molar-refractivity contribution in [1.29, 1.82) is 0 Å². The number of unbranched alkanes of at least 4 members (excludes halogenated alkanes) is 2. The van der Waals surface area contributed by atoms with E-state index < -0.39 is 12.0 Å². The lowest BCUT2D eigenvalue weighted by atomic mass is 10.1. The first-order valence-electron chi connectivity index (χ1n) is 5.38. The molecule has 0 aliphatic carbocycles. The molecule has 0 aliphatic rings. The number of aliphatic carboxylic acids is 1. The van der Waals surface area contributed by atoms with Crippen LogP contribution >= 0.6 is 0 Å². The van der Waals surface area contributed by atoms with Gasteiger partial charge in [-0.3, -0.25) is 4.79 Å². The van der Waals surface area contributed by atoms with Crippen molar-refractivity contribution in [2.75, 3.05) is 6.54 Å². The van der Waals surface area contributed by atoms with E-state index in [4.69, 9.17) is 17.1 Å². The number of terminal acetylenes is 1. The molecule has 0 saturated heterocycles. The summed E-state index contributed by atoms with van der Waals surface area (Å²) in [4.78, 5) is 22.0. The summed E-state index contributed by atoms with van der Waals surface area (Å²) in [7, 11) is 0. The van der Waals surface area contributed by atoms with E-state index >= 15 is 0 Å². The number of hydrogen-bond donors (Lipinski definition) is 2. The average Bonchev–Trinajstić information content (AvgIpc) is 2.28. The number of nitrogens with one attached hydrogen (secondary N) is 1. The van der Waals surface area contributed by atoms with Gasteiger partial charge in [0.05, 0.1) is 0 Å². The Morgan fingerprint density at radius 2 is 2.12 bits per heavy atom. The standard InChI is InChI=1S/C11H16N3O3/c1-2-6-9(11(16)17)14-10(15)7-4-3-5-8-13-12/h1,9H,3-8H2,(H,14,15)(H,16,17)/q-1. The van der Waals surface area contributed by atoms with Crippen LogP contribution in [-0.2, 0) is 9.59 Å². The number of carboxylic acid groups (broad SMARTS) is 1. The number of carbonyl (C=O) groups is 2. The first kappa shape index (κ1) is 15.1. The van der Waals surface area contributed by atoms with Gasteiger partial charge in [0.2, 0.25) is 5.91 Å². The van der Waals surface area contributed by atoms with E-state index in [0.717, 1.165) is 6.42 Å². The molecular weight excluding hydrogens is 222 g/mol. The fraction of sp³-hybridized carbons (Fsp3) is 0.636. The second-order valence-electron chi connectivity index (χ2n) is 3.54. The molecule has 17 heavy (non-hydrogen) atoms. The van der Waals surface area contributed by atoms with Gasteiger partial charge in [-0.2, -0.15) is 0 Å². The van der Waals surface area contributed by atoms with Gasteiger partial charge in [-0.25, -0.2) is 4.79 Å². The van der Waals surface area contributed by atoms with Gasteiger partial charge >= 0.3 is 5.97 Å². The highest BCUT2D eigenvalue weighted by Crippen LogP contribution is 2.01. The maximum absolute atomic E-state index is 11.3. The molecule has 2 N–H and O–H groups in total. The highest BCUT2D eigenvalue weighted by molar-refractivity contribution is 5.83. The van der Waals surface area contributed by atoms with Gasteiger partial charge in [0.1, 0.15) is 6.04 Å². The molecule has 6 heteroatoms. The molecule has 1 unspecified atom stereocenters. The molecule has 0 spiro atoms. The first-order chi connectivity index (χ1) is 8.11. The Balaban J connectivity index is 3.79. The molecule has 1 amide bonds. The van der Waals surface area contributed by atoms with E-state index in [1.54, 1.807) is 0 Å². The zero-order valence-corrected chi connectivity index (χ0v) is 9.56. The fourth-order valence-electron chi connectivity index (χ4n) is 1.23. The molecule has 0 bridgehead atoms. The van der Waals surface area contributed by atoms with E-state index in [2.05, 4.69) is 16.4 Å². The quantitative estimate of drug-likeness (QED) is 0.358. The van der Waals surface area contributed by atoms with Crippen LogP contribution in [0.3, 0.4) is 0 Å². The molecule has 0 heterocycles. The summed E-state index contributed by atoms with van der Waals surface area (Å²) in [6.45, 7) is 0.358. The predicted octanol–water partition coefficient (Wildman–Crippen LogP) is 1.16. The Hall–Kier alpha value is -1.90. The summed E-state index contributed by atoms with van der Waals surface area (Å²) in [5.41, 5.74) is 8.18. The van der Waals surface area contributed by atoms with E-state index in [1.807, 2.05) is 0 Å². The van der Waals surface area contributed by atoms with Crippen LogP contribution in [0.4, 0.5) is 0 Å². The third-order valence-corrected chi connectivity index (χ3v) is 2.12. The van der Waals surface area contributed by atoms with Crippen molar-refractivity contribution in [1.82, 2.24) is 5.32 Å². The Bertz CT molecular complexity index is 310. The number of rotatable bonds is 9. The largest absolute Gasteiger partial charge is 0.712 e. The normalized spacial score (nSPS) is 11.2. The van der Waals surface area contributed by atoms with Crippen molar-refractivity contribution < 1.29 is 14.7 Å². The van der Waals surface area contributed by atoms with Crippen molar-refractivity contribution in [2.24, 2.45) is 5.11 Å². The van der Waals surface area contributed by atoms with Gasteiger partial charge in [0.25, 0.3) is 0 Å². The van der Waals surface area contributed by atoms with Gasteiger partial charge in [-0.05, 0) is 12.8 Å². The molecule has 0 rings (SSSR count). The predicted molar refractivity (Wildman–Crippen MR) is 62.1 cm³/mol. The summed E-state index contributed by atoms with van der Waals surface area (Å²) in [5, 5.41) is 14.0. The lowest BCUT2D eigenvalue weighted by Gasteiger charge is -2.11. The maximum Gasteiger partial charge on any atom is 0.327 e.